The van der Waals surface area contributed by atoms with Crippen LogP contribution in [-0.4, -0.2) is 22.9 Å². The number of nitro benzene ring substituents is 1. The average molecular weight is 241 g/mol. The van der Waals surface area contributed by atoms with Crippen molar-refractivity contribution >= 4 is 11.4 Å². The molecule has 0 aliphatic rings. The summed E-state index contributed by atoms with van der Waals surface area (Å²) < 4.78 is 4.96. The van der Waals surface area contributed by atoms with Gasteiger partial charge in [0.25, 0.3) is 5.69 Å². The van der Waals surface area contributed by atoms with Crippen LogP contribution in [-0.2, 0) is 6.42 Å². The molecule has 0 saturated carbocycles. The molecule has 0 aliphatic carbocycles. The van der Waals surface area contributed by atoms with Crippen molar-refractivity contribution in [2.75, 3.05) is 12.3 Å². The van der Waals surface area contributed by atoms with Crippen LogP contribution in [0, 0.1) is 10.1 Å². The second-order valence-electron chi connectivity index (χ2n) is 3.50. The standard InChI is InChI=1S/C10H15N3O4/c1-6(14)17-8-3-2-7(4-5-11)10(9(8)12)13(15)16/h2-3,6,14H,4-5,11-12H2,1H3. The number of rotatable bonds is 5. The van der Waals surface area contributed by atoms with Crippen LogP contribution >= 0.6 is 0 Å². The Hall–Kier alpha value is -1.86. The molecule has 1 aromatic rings. The van der Waals surface area contributed by atoms with Crippen molar-refractivity contribution in [3.8, 4) is 5.75 Å². The fourth-order valence-electron chi connectivity index (χ4n) is 1.49. The van der Waals surface area contributed by atoms with Crippen molar-refractivity contribution in [3.63, 3.8) is 0 Å². The number of anilines is 1. The predicted octanol–water partition coefficient (Wildman–Crippen LogP) is 0.395. The summed E-state index contributed by atoms with van der Waals surface area (Å²) in [6, 6.07) is 3.01. The average Bonchev–Trinajstić information content (AvgIpc) is 2.21. The third-order valence-corrected chi connectivity index (χ3v) is 2.15. The van der Waals surface area contributed by atoms with E-state index in [1.54, 1.807) is 0 Å². The van der Waals surface area contributed by atoms with Crippen LogP contribution in [0.25, 0.3) is 0 Å². The summed E-state index contributed by atoms with van der Waals surface area (Å²) in [5.74, 6) is 0.0903. The van der Waals surface area contributed by atoms with Crippen LogP contribution in [0.3, 0.4) is 0 Å². The Kier molecular flexibility index (Phi) is 4.24. The lowest BCUT2D eigenvalue weighted by Crippen LogP contribution is -2.13. The molecule has 0 heterocycles. The van der Waals surface area contributed by atoms with Gasteiger partial charge in [0, 0.05) is 5.56 Å². The lowest BCUT2D eigenvalue weighted by molar-refractivity contribution is -0.384. The number of aliphatic hydroxyl groups excluding tert-OH is 1. The highest BCUT2D eigenvalue weighted by molar-refractivity contribution is 5.70. The van der Waals surface area contributed by atoms with Crippen molar-refractivity contribution < 1.29 is 14.8 Å². The fraction of sp³-hybridized carbons (Fsp3) is 0.400. The van der Waals surface area contributed by atoms with Crippen molar-refractivity contribution in [2.24, 2.45) is 5.73 Å². The Labute approximate surface area is 98.1 Å². The van der Waals surface area contributed by atoms with Crippen molar-refractivity contribution in [3.05, 3.63) is 27.8 Å². The van der Waals surface area contributed by atoms with Crippen LogP contribution in [0.4, 0.5) is 11.4 Å². The molecule has 0 spiro atoms. The van der Waals surface area contributed by atoms with Gasteiger partial charge in [-0.2, -0.15) is 0 Å². The van der Waals surface area contributed by atoms with Crippen LogP contribution < -0.4 is 16.2 Å². The van der Waals surface area contributed by atoms with E-state index in [0.29, 0.717) is 12.0 Å². The fourth-order valence-corrected chi connectivity index (χ4v) is 1.49. The van der Waals surface area contributed by atoms with Gasteiger partial charge < -0.3 is 21.3 Å². The van der Waals surface area contributed by atoms with Gasteiger partial charge in [-0.05, 0) is 32.0 Å². The number of nitro groups is 1. The first-order valence-corrected chi connectivity index (χ1v) is 5.08. The Morgan fingerprint density at radius 2 is 2.24 bits per heavy atom. The molecule has 7 heteroatoms. The zero-order valence-electron chi connectivity index (χ0n) is 9.42. The Bertz CT molecular complexity index is 420. The molecule has 17 heavy (non-hydrogen) atoms. The summed E-state index contributed by atoms with van der Waals surface area (Å²) in [6.45, 7) is 1.68. The lowest BCUT2D eigenvalue weighted by atomic mass is 10.1. The number of benzene rings is 1. The van der Waals surface area contributed by atoms with Crippen LogP contribution in [0.15, 0.2) is 12.1 Å². The SMILES string of the molecule is CC(O)Oc1ccc(CCN)c([N+](=O)[O-])c1N. The largest absolute Gasteiger partial charge is 0.463 e. The van der Waals surface area contributed by atoms with E-state index in [9.17, 15) is 10.1 Å². The van der Waals surface area contributed by atoms with Crippen LogP contribution in [0.5, 0.6) is 5.75 Å². The number of hydrogen-bond acceptors (Lipinski definition) is 6. The summed E-state index contributed by atoms with van der Waals surface area (Å²) in [6.07, 6.45) is -0.729. The molecule has 0 radical (unpaired) electrons. The third-order valence-electron chi connectivity index (χ3n) is 2.15. The van der Waals surface area contributed by atoms with E-state index < -0.39 is 11.2 Å². The minimum Gasteiger partial charge on any atom is -0.463 e. The highest BCUT2D eigenvalue weighted by atomic mass is 16.6. The number of nitrogens with zero attached hydrogens (tertiary/aromatic N) is 1. The Morgan fingerprint density at radius 1 is 1.59 bits per heavy atom. The summed E-state index contributed by atoms with van der Waals surface area (Å²) in [4.78, 5) is 10.3. The molecule has 7 nitrogen and oxygen atoms in total. The van der Waals surface area contributed by atoms with E-state index in [1.165, 1.54) is 19.1 Å². The maximum atomic E-state index is 10.9. The summed E-state index contributed by atoms with van der Waals surface area (Å²) in [5, 5.41) is 20.0. The topological polar surface area (TPSA) is 125 Å². The van der Waals surface area contributed by atoms with Gasteiger partial charge in [-0.1, -0.05) is 0 Å². The first-order chi connectivity index (χ1) is 7.97. The van der Waals surface area contributed by atoms with E-state index in [1.807, 2.05) is 0 Å². The maximum absolute atomic E-state index is 10.9. The Morgan fingerprint density at radius 3 is 2.71 bits per heavy atom. The van der Waals surface area contributed by atoms with E-state index in [4.69, 9.17) is 21.3 Å². The molecule has 0 amide bonds. The molecule has 0 saturated heterocycles. The van der Waals surface area contributed by atoms with E-state index >= 15 is 0 Å². The van der Waals surface area contributed by atoms with Gasteiger partial charge in [0.2, 0.25) is 0 Å². The van der Waals surface area contributed by atoms with Crippen molar-refractivity contribution in [1.29, 1.82) is 0 Å². The van der Waals surface area contributed by atoms with Gasteiger partial charge in [-0.3, -0.25) is 10.1 Å². The van der Waals surface area contributed by atoms with Gasteiger partial charge in [-0.15, -0.1) is 0 Å². The van der Waals surface area contributed by atoms with Gasteiger partial charge in [-0.25, -0.2) is 0 Å². The van der Waals surface area contributed by atoms with E-state index in [2.05, 4.69) is 0 Å². The normalized spacial score (nSPS) is 12.2. The first-order valence-electron chi connectivity index (χ1n) is 5.08. The molecule has 1 atom stereocenters. The highest BCUT2D eigenvalue weighted by Gasteiger charge is 2.22. The molecule has 0 bridgehead atoms. The molecule has 5 N–H and O–H groups in total. The molecular formula is C10H15N3O4. The van der Waals surface area contributed by atoms with E-state index in [0.717, 1.165) is 0 Å². The highest BCUT2D eigenvalue weighted by Crippen LogP contribution is 2.35. The van der Waals surface area contributed by atoms with Crippen molar-refractivity contribution in [1.82, 2.24) is 0 Å². The number of nitrogens with two attached hydrogens (primary N) is 2. The van der Waals surface area contributed by atoms with Gasteiger partial charge in [0.15, 0.2) is 17.7 Å². The number of ether oxygens (including phenoxy) is 1. The quantitative estimate of drug-likeness (QED) is 0.296. The molecule has 0 aromatic heterocycles. The minimum atomic E-state index is -1.09. The maximum Gasteiger partial charge on any atom is 0.299 e. The second kappa shape index (κ2) is 5.46. The van der Waals surface area contributed by atoms with Gasteiger partial charge >= 0.3 is 0 Å². The molecule has 1 unspecified atom stereocenters. The molecular weight excluding hydrogens is 226 g/mol. The number of hydrogen-bond donors (Lipinski definition) is 3. The Balaban J connectivity index is 3.23. The first kappa shape index (κ1) is 13.2. The van der Waals surface area contributed by atoms with Gasteiger partial charge in [0.05, 0.1) is 4.92 Å². The monoisotopic (exact) mass is 241 g/mol. The zero-order chi connectivity index (χ0) is 13.0. The number of nitrogen functional groups attached to an aromatic ring is 1. The molecule has 94 valence electrons. The van der Waals surface area contributed by atoms with Crippen LogP contribution in [0.2, 0.25) is 0 Å². The summed E-state index contributed by atoms with van der Waals surface area (Å²) in [7, 11) is 0. The zero-order valence-corrected chi connectivity index (χ0v) is 9.42. The molecule has 0 fully saturated rings. The number of aliphatic hydroxyl groups is 1. The van der Waals surface area contributed by atoms with E-state index in [-0.39, 0.29) is 23.7 Å². The van der Waals surface area contributed by atoms with Crippen LogP contribution in [0.1, 0.15) is 12.5 Å². The summed E-state index contributed by atoms with van der Waals surface area (Å²) >= 11 is 0. The summed E-state index contributed by atoms with van der Waals surface area (Å²) in [5.41, 5.74) is 11.2. The second-order valence-corrected chi connectivity index (χ2v) is 3.50. The molecule has 1 rings (SSSR count). The molecule has 0 aliphatic heterocycles. The smallest absolute Gasteiger partial charge is 0.299 e. The minimum absolute atomic E-state index is 0.0903. The van der Waals surface area contributed by atoms with Gasteiger partial charge in [0.1, 0.15) is 0 Å². The lowest BCUT2D eigenvalue weighted by Gasteiger charge is -2.12. The van der Waals surface area contributed by atoms with Crippen molar-refractivity contribution in [2.45, 2.75) is 19.6 Å². The third kappa shape index (κ3) is 3.05. The molecule has 1 aromatic carbocycles. The predicted molar refractivity (Wildman–Crippen MR) is 62.6 cm³/mol.